The molecule has 0 fully saturated rings. The second kappa shape index (κ2) is 7.15. The minimum Gasteiger partial charge on any atom is -0.507 e. The fourth-order valence-corrected chi connectivity index (χ4v) is 4.38. The molecule has 29 heavy (non-hydrogen) atoms. The second-order valence-corrected chi connectivity index (χ2v) is 8.20. The van der Waals surface area contributed by atoms with Gasteiger partial charge in [-0.2, -0.15) is 5.21 Å². The van der Waals surface area contributed by atoms with Gasteiger partial charge in [-0.05, 0) is 35.5 Å². The van der Waals surface area contributed by atoms with Gasteiger partial charge in [-0.25, -0.2) is 12.4 Å². The number of tetrazole rings is 1. The van der Waals surface area contributed by atoms with Gasteiger partial charge in [0.1, 0.15) is 5.76 Å². The molecule has 2 N–H and O–H groups in total. The Balaban J connectivity index is 1.90. The molecule has 0 spiro atoms. The number of nitrogens with one attached hydrogen (secondary N) is 1. The van der Waals surface area contributed by atoms with Crippen molar-refractivity contribution in [3.05, 3.63) is 77.2 Å². The number of hydrogen-bond donors (Lipinski definition) is 2. The highest BCUT2D eigenvalue weighted by Crippen LogP contribution is 2.31. The molecule has 11 heteroatoms. The van der Waals surface area contributed by atoms with Crippen molar-refractivity contribution >= 4 is 44.1 Å². The number of aliphatic hydroxyl groups excluding tert-OH is 1. The molecule has 2 heterocycles. The SMILES string of the molecule is O=C(/C=C(\O)c1cn(S(=O)(=O)c2ccccc2)c2ccc(Cl)cc12)c1nn[nH]n1. The third kappa shape index (κ3) is 3.39. The quantitative estimate of drug-likeness (QED) is 0.283. The Labute approximate surface area is 169 Å². The fraction of sp³-hybridized carbons (Fsp3) is 0. The van der Waals surface area contributed by atoms with Crippen LogP contribution < -0.4 is 0 Å². The van der Waals surface area contributed by atoms with Gasteiger partial charge in [-0.1, -0.05) is 29.8 Å². The van der Waals surface area contributed by atoms with Crippen molar-refractivity contribution in [2.24, 2.45) is 0 Å². The van der Waals surface area contributed by atoms with Crippen LogP contribution >= 0.6 is 11.6 Å². The average molecular weight is 430 g/mol. The van der Waals surface area contributed by atoms with Crippen LogP contribution in [0.2, 0.25) is 5.02 Å². The van der Waals surface area contributed by atoms with Crippen LogP contribution in [-0.4, -0.2) is 43.9 Å². The summed E-state index contributed by atoms with van der Waals surface area (Å²) < 4.78 is 27.2. The van der Waals surface area contributed by atoms with E-state index < -0.39 is 21.6 Å². The van der Waals surface area contributed by atoms with Crippen LogP contribution in [0.1, 0.15) is 16.2 Å². The molecule has 4 aromatic rings. The van der Waals surface area contributed by atoms with Crippen LogP contribution in [0, 0.1) is 0 Å². The Morgan fingerprint density at radius 1 is 1.17 bits per heavy atom. The first-order valence-electron chi connectivity index (χ1n) is 8.18. The Kier molecular flexibility index (Phi) is 4.65. The lowest BCUT2D eigenvalue weighted by Gasteiger charge is -2.07. The maximum atomic E-state index is 13.1. The Hall–Kier alpha value is -3.50. The number of nitrogens with zero attached hydrogens (tertiary/aromatic N) is 4. The molecule has 2 aromatic heterocycles. The average Bonchev–Trinajstić information content (AvgIpc) is 3.37. The summed E-state index contributed by atoms with van der Waals surface area (Å²) in [5.74, 6) is -1.41. The first-order chi connectivity index (χ1) is 13.9. The molecular weight excluding hydrogens is 418 g/mol. The number of rotatable bonds is 5. The van der Waals surface area contributed by atoms with Crippen LogP contribution in [0.4, 0.5) is 0 Å². The van der Waals surface area contributed by atoms with Gasteiger partial charge < -0.3 is 5.11 Å². The summed E-state index contributed by atoms with van der Waals surface area (Å²) in [7, 11) is -3.95. The molecule has 0 radical (unpaired) electrons. The van der Waals surface area contributed by atoms with Crippen LogP contribution in [0.25, 0.3) is 16.7 Å². The summed E-state index contributed by atoms with van der Waals surface area (Å²) in [5.41, 5.74) is 0.402. The number of ketones is 1. The monoisotopic (exact) mass is 429 g/mol. The smallest absolute Gasteiger partial charge is 0.268 e. The number of allylic oxidation sites excluding steroid dienone is 1. The third-order valence-corrected chi connectivity index (χ3v) is 6.07. The normalized spacial score (nSPS) is 12.4. The van der Waals surface area contributed by atoms with Crippen molar-refractivity contribution in [3.8, 4) is 0 Å². The van der Waals surface area contributed by atoms with Crippen LogP contribution in [0.5, 0.6) is 0 Å². The molecule has 0 aliphatic rings. The standard InChI is InChI=1S/C18H12ClN5O4S/c19-11-6-7-15-13(8-11)14(16(25)9-17(26)18-20-22-23-21-18)10-24(15)29(27,28)12-4-2-1-3-5-12/h1-10,25H,(H,20,21,22,23)/b16-9-. The Bertz CT molecular complexity index is 1350. The number of carbonyl (C=O) groups is 1. The molecule has 0 unspecified atom stereocenters. The predicted octanol–water partition coefficient (Wildman–Crippen LogP) is 2.83. The predicted molar refractivity (Wildman–Crippen MR) is 105 cm³/mol. The van der Waals surface area contributed by atoms with Crippen molar-refractivity contribution in [2.45, 2.75) is 4.90 Å². The molecule has 0 amide bonds. The van der Waals surface area contributed by atoms with Gasteiger partial charge in [-0.3, -0.25) is 4.79 Å². The van der Waals surface area contributed by atoms with Gasteiger partial charge in [0.2, 0.25) is 11.6 Å². The molecule has 9 nitrogen and oxygen atoms in total. The first kappa shape index (κ1) is 18.8. The van der Waals surface area contributed by atoms with Crippen molar-refractivity contribution in [1.29, 1.82) is 0 Å². The number of halogens is 1. The minimum atomic E-state index is -3.95. The summed E-state index contributed by atoms with van der Waals surface area (Å²) in [5, 5.41) is 23.7. The van der Waals surface area contributed by atoms with Gasteiger partial charge in [0.15, 0.2) is 0 Å². The van der Waals surface area contributed by atoms with E-state index in [9.17, 15) is 18.3 Å². The maximum Gasteiger partial charge on any atom is 0.268 e. The van der Waals surface area contributed by atoms with Gasteiger partial charge in [0.25, 0.3) is 10.0 Å². The number of aromatic nitrogens is 5. The summed E-state index contributed by atoms with van der Waals surface area (Å²) in [4.78, 5) is 12.2. The van der Waals surface area contributed by atoms with Gasteiger partial charge >= 0.3 is 0 Å². The van der Waals surface area contributed by atoms with E-state index in [2.05, 4.69) is 20.6 Å². The lowest BCUT2D eigenvalue weighted by atomic mass is 10.1. The lowest BCUT2D eigenvalue weighted by Crippen LogP contribution is -2.11. The maximum absolute atomic E-state index is 13.1. The third-order valence-electron chi connectivity index (χ3n) is 4.14. The molecule has 0 aliphatic heterocycles. The van der Waals surface area contributed by atoms with Crippen molar-refractivity contribution in [1.82, 2.24) is 24.6 Å². The van der Waals surface area contributed by atoms with Gasteiger partial charge in [0.05, 0.1) is 10.4 Å². The molecule has 0 saturated heterocycles. The number of aliphatic hydroxyl groups is 1. The highest BCUT2D eigenvalue weighted by molar-refractivity contribution is 7.90. The highest BCUT2D eigenvalue weighted by atomic mass is 35.5. The number of fused-ring (bicyclic) bond motifs is 1. The first-order valence-corrected chi connectivity index (χ1v) is 10.00. The van der Waals surface area contributed by atoms with E-state index >= 15 is 0 Å². The van der Waals surface area contributed by atoms with E-state index in [0.717, 1.165) is 10.0 Å². The molecule has 2 aromatic carbocycles. The van der Waals surface area contributed by atoms with Gasteiger partial charge in [-0.15, -0.1) is 10.2 Å². The summed E-state index contributed by atoms with van der Waals surface area (Å²) in [6.45, 7) is 0. The molecule has 0 atom stereocenters. The molecular formula is C18H12ClN5O4S. The van der Waals surface area contributed by atoms with Crippen molar-refractivity contribution in [2.75, 3.05) is 0 Å². The highest BCUT2D eigenvalue weighted by Gasteiger charge is 2.23. The van der Waals surface area contributed by atoms with Crippen LogP contribution in [0.15, 0.2) is 65.7 Å². The van der Waals surface area contributed by atoms with E-state index in [1.165, 1.54) is 36.5 Å². The zero-order valence-corrected chi connectivity index (χ0v) is 16.1. The Morgan fingerprint density at radius 3 is 2.62 bits per heavy atom. The van der Waals surface area contributed by atoms with Crippen molar-refractivity contribution in [3.63, 3.8) is 0 Å². The van der Waals surface area contributed by atoms with Gasteiger partial charge in [0, 0.05) is 28.2 Å². The molecule has 146 valence electrons. The van der Waals surface area contributed by atoms with E-state index in [4.69, 9.17) is 11.6 Å². The van der Waals surface area contributed by atoms with E-state index in [1.54, 1.807) is 18.2 Å². The molecule has 4 rings (SSSR count). The number of H-pyrrole nitrogens is 1. The molecule has 0 aliphatic carbocycles. The van der Waals surface area contributed by atoms with E-state index in [-0.39, 0.29) is 16.3 Å². The number of hydrogen-bond acceptors (Lipinski definition) is 7. The zero-order valence-electron chi connectivity index (χ0n) is 14.5. The number of carbonyl (C=O) groups excluding carboxylic acids is 1. The topological polar surface area (TPSA) is 131 Å². The van der Waals surface area contributed by atoms with Crippen molar-refractivity contribution < 1.29 is 18.3 Å². The zero-order chi connectivity index (χ0) is 20.6. The van der Waals surface area contributed by atoms with Crippen LogP contribution in [-0.2, 0) is 10.0 Å². The number of aromatic amines is 1. The summed E-state index contributed by atoms with van der Waals surface area (Å²) in [6.07, 6.45) is 2.12. The summed E-state index contributed by atoms with van der Waals surface area (Å²) in [6, 6.07) is 12.4. The van der Waals surface area contributed by atoms with E-state index in [1.807, 2.05) is 0 Å². The summed E-state index contributed by atoms with van der Waals surface area (Å²) >= 11 is 6.06. The number of benzene rings is 2. The fourth-order valence-electron chi connectivity index (χ4n) is 2.81. The molecule has 0 bridgehead atoms. The van der Waals surface area contributed by atoms with Crippen LogP contribution in [0.3, 0.4) is 0 Å². The Morgan fingerprint density at radius 2 is 1.93 bits per heavy atom. The lowest BCUT2D eigenvalue weighted by molar-refractivity contribution is 0.103. The van der Waals surface area contributed by atoms with E-state index in [0.29, 0.717) is 15.9 Å². The minimum absolute atomic E-state index is 0.0738. The largest absolute Gasteiger partial charge is 0.507 e. The molecule has 0 saturated carbocycles. The second-order valence-electron chi connectivity index (χ2n) is 5.95.